The van der Waals surface area contributed by atoms with Crippen LogP contribution in [0.1, 0.15) is 63.7 Å². The summed E-state index contributed by atoms with van der Waals surface area (Å²) in [5, 5.41) is 10.2. The number of nitrogens with two attached hydrogens (primary N) is 1. The summed E-state index contributed by atoms with van der Waals surface area (Å²) in [5.74, 6) is -0.479. The van der Waals surface area contributed by atoms with E-state index < -0.39 is 41.7 Å². The van der Waals surface area contributed by atoms with Gasteiger partial charge in [-0.3, -0.25) is 0 Å². The number of amides is 1. The summed E-state index contributed by atoms with van der Waals surface area (Å²) in [6.07, 6.45) is 3.36. The van der Waals surface area contributed by atoms with Crippen molar-refractivity contribution < 1.29 is 18.7 Å². The number of aromatic nitrogens is 1. The van der Waals surface area contributed by atoms with Crippen molar-refractivity contribution in [3.8, 4) is 0 Å². The number of primary amides is 1. The number of alkyl halides is 2. The number of halogens is 2. The Labute approximate surface area is 189 Å². The van der Waals surface area contributed by atoms with Gasteiger partial charge in [0, 0.05) is 0 Å². The molecule has 5 nitrogen and oxygen atoms in total. The van der Waals surface area contributed by atoms with Crippen LogP contribution in [-0.2, 0) is 0 Å². The molecule has 0 unspecified atom stereocenters. The number of carbonyl (C=O) groups excluding carboxylic acids is 1. The zero-order valence-electron chi connectivity index (χ0n) is 19.8. The van der Waals surface area contributed by atoms with Gasteiger partial charge >= 0.3 is 190 Å². The second kappa shape index (κ2) is 9.99. The number of hydrogen-bond donors (Lipinski definition) is 2. The first-order valence-electron chi connectivity index (χ1n) is 11.2. The molecule has 176 valence electrons. The van der Waals surface area contributed by atoms with Gasteiger partial charge in [-0.1, -0.05) is 0 Å². The van der Waals surface area contributed by atoms with Crippen molar-refractivity contribution in [2.75, 3.05) is 11.1 Å². The van der Waals surface area contributed by atoms with Crippen LogP contribution < -0.4 is 9.44 Å². The summed E-state index contributed by atoms with van der Waals surface area (Å²) >= 11 is -2.99. The van der Waals surface area contributed by atoms with Crippen LogP contribution in [0.2, 0.25) is 9.88 Å². The van der Waals surface area contributed by atoms with Gasteiger partial charge in [-0.2, -0.15) is 0 Å². The molecule has 2 rings (SSSR count). The number of hydrogen-bond acceptors (Lipinski definition) is 4. The first-order chi connectivity index (χ1) is 14.1. The quantitative estimate of drug-likeness (QED) is 0.466. The van der Waals surface area contributed by atoms with Crippen molar-refractivity contribution in [1.29, 1.82) is 0 Å². The molecule has 0 aromatic carbocycles. The Hall–Kier alpha value is -0.801. The van der Waals surface area contributed by atoms with Crippen LogP contribution in [0.4, 0.5) is 8.78 Å². The van der Waals surface area contributed by atoms with Crippen LogP contribution in [0.15, 0.2) is 18.3 Å². The number of carbonyl (C=O) groups is 1. The molecule has 8 heteroatoms. The number of pyridine rings is 1. The second-order valence-electron chi connectivity index (χ2n) is 10.8. The summed E-state index contributed by atoms with van der Waals surface area (Å²) in [6.45, 7) is 6.43. The van der Waals surface area contributed by atoms with Crippen LogP contribution >= 0.6 is 0 Å². The zero-order valence-corrected chi connectivity index (χ0v) is 22.6. The second-order valence-corrected chi connectivity index (χ2v) is 23.9. The third-order valence-electron chi connectivity index (χ3n) is 6.69. The molecule has 1 amide bonds. The average molecular weight is 546 g/mol. The van der Waals surface area contributed by atoms with E-state index in [4.69, 9.17) is 5.73 Å². The molecule has 1 aliphatic rings. The van der Waals surface area contributed by atoms with Gasteiger partial charge < -0.3 is 0 Å². The van der Waals surface area contributed by atoms with E-state index >= 15 is 0 Å². The molecule has 31 heavy (non-hydrogen) atoms. The number of aliphatic hydroxyl groups is 1. The number of rotatable bonds is 9. The van der Waals surface area contributed by atoms with Crippen molar-refractivity contribution in [1.82, 2.24) is 9.88 Å². The normalized spacial score (nSPS) is 21.9. The summed E-state index contributed by atoms with van der Waals surface area (Å²) in [7, 11) is 0. The molecule has 1 fully saturated rings. The third-order valence-corrected chi connectivity index (χ3v) is 14.9. The molecule has 0 saturated heterocycles. The standard InChI is InChI=1S/C15H28F2NO.C6H5N2O.2CH3.Sn/c1-14(2,17)11-6-8-12(9-7-11)18(5)10-13(16)15(3,4)19;7-6(9)5-2-1-3-8-4-5;;;/h11-13,19H,5-10H2,1-4H3;1-2,4H,(H2,7,9);2*1H3;/t11?,12?,13-;;;;/m1..../s1. The zero-order chi connectivity index (χ0) is 23.6. The number of nitrogens with zero attached hydrogens (tertiary/aromatic N) is 2. The van der Waals surface area contributed by atoms with E-state index in [0.717, 1.165) is 34.0 Å². The minimum absolute atomic E-state index is 0.0283. The molecule has 1 saturated carbocycles. The molecule has 0 radical (unpaired) electrons. The Balaban J connectivity index is 2.20. The predicted octanol–water partition coefficient (Wildman–Crippen LogP) is 3.35. The van der Waals surface area contributed by atoms with Gasteiger partial charge in [-0.25, -0.2) is 0 Å². The van der Waals surface area contributed by atoms with Crippen molar-refractivity contribution in [3.05, 3.63) is 23.9 Å². The van der Waals surface area contributed by atoms with E-state index in [1.54, 1.807) is 19.9 Å². The predicted molar refractivity (Wildman–Crippen MR) is 124 cm³/mol. The fourth-order valence-corrected chi connectivity index (χ4v) is 11.6. The summed E-state index contributed by atoms with van der Waals surface area (Å²) < 4.78 is 31.0. The van der Waals surface area contributed by atoms with Crippen LogP contribution in [0.3, 0.4) is 0 Å². The summed E-state index contributed by atoms with van der Waals surface area (Å²) in [4.78, 5) is 22.5. The average Bonchev–Trinajstić information content (AvgIpc) is 2.66. The topological polar surface area (TPSA) is 79.5 Å². The Kier molecular flexibility index (Phi) is 8.53. The van der Waals surface area contributed by atoms with Crippen molar-refractivity contribution in [2.45, 2.75) is 86.7 Å². The summed E-state index contributed by atoms with van der Waals surface area (Å²) in [6, 6.07) is 3.75. The van der Waals surface area contributed by atoms with Gasteiger partial charge in [0.25, 0.3) is 0 Å². The van der Waals surface area contributed by atoms with E-state index in [-0.39, 0.29) is 18.5 Å². The molecule has 1 heterocycles. The van der Waals surface area contributed by atoms with E-state index in [1.165, 1.54) is 20.0 Å². The molecule has 1 atom stereocenters. The molecule has 3 N–H and O–H groups in total. The molecular weight excluding hydrogens is 507 g/mol. The molecule has 0 aliphatic heterocycles. The maximum absolute atomic E-state index is 14.9. The van der Waals surface area contributed by atoms with Gasteiger partial charge in [0.1, 0.15) is 0 Å². The van der Waals surface area contributed by atoms with E-state index in [1.807, 2.05) is 6.07 Å². The van der Waals surface area contributed by atoms with E-state index in [9.17, 15) is 18.7 Å². The van der Waals surface area contributed by atoms with Gasteiger partial charge in [-0.15, -0.1) is 0 Å². The van der Waals surface area contributed by atoms with Gasteiger partial charge in [0.2, 0.25) is 0 Å². The Morgan fingerprint density at radius 1 is 1.26 bits per heavy atom. The Morgan fingerprint density at radius 2 is 1.84 bits per heavy atom. The Bertz CT molecular complexity index is 737. The van der Waals surface area contributed by atoms with Crippen molar-refractivity contribution in [3.63, 3.8) is 0 Å². The molecule has 0 bridgehead atoms. The third kappa shape index (κ3) is 7.35. The molecule has 0 spiro atoms. The minimum atomic E-state index is -2.99. The molecule has 1 aliphatic carbocycles. The van der Waals surface area contributed by atoms with E-state index in [0.29, 0.717) is 5.56 Å². The molecule has 1 aromatic rings. The van der Waals surface area contributed by atoms with Crippen molar-refractivity contribution >= 4 is 28.0 Å². The molecule has 1 aromatic heterocycles. The SMILES string of the molecule is CC(C)(F)C1CCC(N(C[C@@H](F)C(C)(C)O)[CH2][Sn]([CH3])([CH3])[c]2ccc(C(N)=O)cn2)CC1. The monoisotopic (exact) mass is 547 g/mol. The first-order valence-corrected chi connectivity index (χ1v) is 20.3. The maximum atomic E-state index is 14.9. The fourth-order valence-electron chi connectivity index (χ4n) is 4.43. The Morgan fingerprint density at radius 3 is 2.26 bits per heavy atom. The van der Waals surface area contributed by atoms with Gasteiger partial charge in [0.15, 0.2) is 0 Å². The van der Waals surface area contributed by atoms with Crippen LogP contribution in [0.25, 0.3) is 0 Å². The van der Waals surface area contributed by atoms with Gasteiger partial charge in [0.05, 0.1) is 0 Å². The molecular formula is C23H39F2N3O2Sn. The van der Waals surface area contributed by atoms with E-state index in [2.05, 4.69) is 19.8 Å². The van der Waals surface area contributed by atoms with Crippen molar-refractivity contribution in [2.24, 2.45) is 11.7 Å². The summed E-state index contributed by atoms with van der Waals surface area (Å²) in [5.41, 5.74) is 3.08. The van der Waals surface area contributed by atoms with Crippen LogP contribution in [0.5, 0.6) is 0 Å². The van der Waals surface area contributed by atoms with Gasteiger partial charge in [-0.05, 0) is 0 Å². The fraction of sp³-hybridized carbons (Fsp3) is 0.739. The first kappa shape index (κ1) is 26.5. The van der Waals surface area contributed by atoms with Crippen LogP contribution in [0, 0.1) is 5.92 Å². The van der Waals surface area contributed by atoms with Crippen LogP contribution in [-0.4, -0.2) is 73.9 Å².